The summed E-state index contributed by atoms with van der Waals surface area (Å²) in [6.45, 7) is 7.93. The van der Waals surface area contributed by atoms with Gasteiger partial charge in [-0.25, -0.2) is 0 Å². The van der Waals surface area contributed by atoms with Crippen LogP contribution in [-0.4, -0.2) is 23.3 Å². The number of nitrogens with one attached hydrogen (secondary N) is 1. The Bertz CT molecular complexity index is 822. The number of aliphatic carboxylic acids is 1. The van der Waals surface area contributed by atoms with Crippen molar-refractivity contribution in [2.24, 2.45) is 5.92 Å². The molecule has 3 nitrogen and oxygen atoms in total. The lowest BCUT2D eigenvalue weighted by Gasteiger charge is -2.25. The highest BCUT2D eigenvalue weighted by Crippen LogP contribution is 2.33. The molecule has 0 aliphatic rings. The van der Waals surface area contributed by atoms with Crippen LogP contribution in [0.2, 0.25) is 0 Å². The van der Waals surface area contributed by atoms with Crippen molar-refractivity contribution in [3.63, 3.8) is 0 Å². The molecule has 0 radical (unpaired) electrons. The van der Waals surface area contributed by atoms with Crippen molar-refractivity contribution in [2.75, 3.05) is 0 Å². The quantitative estimate of drug-likeness (QED) is 0.385. The van der Waals surface area contributed by atoms with Crippen LogP contribution in [0.25, 0.3) is 0 Å². The summed E-state index contributed by atoms with van der Waals surface area (Å²) >= 11 is 0. The number of allylic oxidation sites excluding steroid dienone is 4. The number of halogens is 6. The van der Waals surface area contributed by atoms with E-state index in [9.17, 15) is 36.2 Å². The Morgan fingerprint density at radius 1 is 1.13 bits per heavy atom. The van der Waals surface area contributed by atoms with Crippen molar-refractivity contribution >= 4 is 5.97 Å². The average Bonchev–Trinajstić information content (AvgIpc) is 2.60. The van der Waals surface area contributed by atoms with E-state index in [1.807, 2.05) is 0 Å². The normalized spacial score (nSPS) is 15.8. The molecule has 0 aliphatic heterocycles. The van der Waals surface area contributed by atoms with Crippen LogP contribution in [-0.2, 0) is 11.0 Å². The summed E-state index contributed by atoms with van der Waals surface area (Å²) < 4.78 is 79.7. The van der Waals surface area contributed by atoms with Gasteiger partial charge in [0.25, 0.3) is 0 Å². The SMILES string of the molecule is C=C/C=C(\C=C(/C(C)NC(C(=O)O)c1cccc(C(F)(F)F)c1)C(F)(F)F)C(C)C. The largest absolute Gasteiger partial charge is 0.480 e. The van der Waals surface area contributed by atoms with Crippen LogP contribution in [0.5, 0.6) is 0 Å². The minimum absolute atomic E-state index is 0.272. The van der Waals surface area contributed by atoms with Crippen LogP contribution in [0.1, 0.15) is 37.9 Å². The summed E-state index contributed by atoms with van der Waals surface area (Å²) in [4.78, 5) is 11.6. The van der Waals surface area contributed by atoms with Gasteiger partial charge in [0.15, 0.2) is 0 Å². The van der Waals surface area contributed by atoms with Crippen molar-refractivity contribution in [1.82, 2.24) is 5.32 Å². The lowest BCUT2D eigenvalue weighted by atomic mass is 9.96. The first-order chi connectivity index (χ1) is 13.7. The number of carbonyl (C=O) groups is 1. The van der Waals surface area contributed by atoms with Crippen LogP contribution in [0.15, 0.2) is 60.2 Å². The first-order valence-electron chi connectivity index (χ1n) is 8.95. The smallest absolute Gasteiger partial charge is 0.416 e. The maximum Gasteiger partial charge on any atom is 0.416 e. The second kappa shape index (κ2) is 9.97. The predicted molar refractivity (Wildman–Crippen MR) is 102 cm³/mol. The molecule has 1 aromatic rings. The van der Waals surface area contributed by atoms with E-state index in [1.54, 1.807) is 13.8 Å². The Kier molecular flexibility index (Phi) is 8.47. The fourth-order valence-electron chi connectivity index (χ4n) is 2.72. The van der Waals surface area contributed by atoms with Crippen LogP contribution in [0.4, 0.5) is 26.3 Å². The van der Waals surface area contributed by atoms with Crippen molar-refractivity contribution in [3.8, 4) is 0 Å². The number of hydrogen-bond acceptors (Lipinski definition) is 2. The molecule has 2 N–H and O–H groups in total. The van der Waals surface area contributed by atoms with Gasteiger partial charge in [0.1, 0.15) is 6.04 Å². The van der Waals surface area contributed by atoms with E-state index in [2.05, 4.69) is 11.9 Å². The second-order valence-electron chi connectivity index (χ2n) is 6.94. The van der Waals surface area contributed by atoms with Gasteiger partial charge >= 0.3 is 18.3 Å². The Hall–Kier alpha value is -2.55. The molecule has 30 heavy (non-hydrogen) atoms. The molecular weight excluding hydrogens is 412 g/mol. The van der Waals surface area contributed by atoms with E-state index in [1.165, 1.54) is 12.2 Å². The molecule has 2 unspecified atom stereocenters. The molecule has 0 saturated heterocycles. The van der Waals surface area contributed by atoms with Gasteiger partial charge in [0.05, 0.1) is 5.56 Å². The fourth-order valence-corrected chi connectivity index (χ4v) is 2.72. The number of alkyl halides is 6. The van der Waals surface area contributed by atoms with Crippen molar-refractivity contribution in [3.05, 3.63) is 71.3 Å². The third-order valence-electron chi connectivity index (χ3n) is 4.30. The van der Waals surface area contributed by atoms with E-state index >= 15 is 0 Å². The Balaban J connectivity index is 3.37. The van der Waals surface area contributed by atoms with Crippen LogP contribution in [0.3, 0.4) is 0 Å². The van der Waals surface area contributed by atoms with Gasteiger partial charge in [0, 0.05) is 11.6 Å². The zero-order valence-corrected chi connectivity index (χ0v) is 16.6. The maximum absolute atomic E-state index is 13.7. The fraction of sp³-hybridized carbons (Fsp3) is 0.381. The lowest BCUT2D eigenvalue weighted by molar-refractivity contribution is -0.141. The zero-order chi connectivity index (χ0) is 23.3. The molecule has 0 aliphatic carbocycles. The molecule has 9 heteroatoms. The molecule has 0 amide bonds. The van der Waals surface area contributed by atoms with Gasteiger partial charge in [-0.05, 0) is 42.2 Å². The van der Waals surface area contributed by atoms with Gasteiger partial charge in [-0.3, -0.25) is 10.1 Å². The molecular formula is C21H23F6NO2. The summed E-state index contributed by atoms with van der Waals surface area (Å²) in [6.07, 6.45) is -5.87. The van der Waals surface area contributed by atoms with Crippen molar-refractivity contribution in [1.29, 1.82) is 0 Å². The Labute approximate surface area is 170 Å². The number of rotatable bonds is 8. The van der Waals surface area contributed by atoms with Crippen molar-refractivity contribution in [2.45, 2.75) is 45.2 Å². The standard InChI is InChI=1S/C21H23F6NO2/c1-5-7-14(12(2)3)11-17(21(25,26)27)13(4)28-18(19(29)30)15-8-6-9-16(10-15)20(22,23)24/h5-13,18,28H,1H2,2-4H3,(H,29,30)/b14-7+,17-11+. The van der Waals surface area contributed by atoms with Gasteiger partial charge in [-0.1, -0.05) is 44.7 Å². The molecule has 2 atom stereocenters. The van der Waals surface area contributed by atoms with E-state index in [0.717, 1.165) is 31.2 Å². The molecule has 1 rings (SSSR count). The maximum atomic E-state index is 13.7. The second-order valence-corrected chi connectivity index (χ2v) is 6.94. The summed E-state index contributed by atoms with van der Waals surface area (Å²) in [6, 6.07) is 0.174. The van der Waals surface area contributed by atoms with Gasteiger partial charge in [0.2, 0.25) is 0 Å². The first kappa shape index (κ1) is 25.5. The number of carboxylic acids is 1. The van der Waals surface area contributed by atoms with Crippen LogP contribution in [0, 0.1) is 5.92 Å². The van der Waals surface area contributed by atoms with Crippen LogP contribution < -0.4 is 5.32 Å². The summed E-state index contributed by atoms with van der Waals surface area (Å²) in [7, 11) is 0. The van der Waals surface area contributed by atoms with Gasteiger partial charge in [-0.15, -0.1) is 0 Å². The van der Waals surface area contributed by atoms with E-state index in [0.29, 0.717) is 11.6 Å². The number of benzene rings is 1. The molecule has 0 fully saturated rings. The molecule has 0 bridgehead atoms. The van der Waals surface area contributed by atoms with E-state index in [-0.39, 0.29) is 11.5 Å². The van der Waals surface area contributed by atoms with E-state index in [4.69, 9.17) is 0 Å². The lowest BCUT2D eigenvalue weighted by Crippen LogP contribution is -2.40. The topological polar surface area (TPSA) is 49.3 Å². The monoisotopic (exact) mass is 435 g/mol. The number of hydrogen-bond donors (Lipinski definition) is 2. The Morgan fingerprint density at radius 2 is 1.73 bits per heavy atom. The highest BCUT2D eigenvalue weighted by atomic mass is 19.4. The zero-order valence-electron chi connectivity index (χ0n) is 16.6. The Morgan fingerprint density at radius 3 is 2.17 bits per heavy atom. The van der Waals surface area contributed by atoms with Crippen LogP contribution >= 0.6 is 0 Å². The molecule has 0 heterocycles. The highest BCUT2D eigenvalue weighted by Gasteiger charge is 2.39. The van der Waals surface area contributed by atoms with Gasteiger partial charge in [-0.2, -0.15) is 26.3 Å². The third-order valence-corrected chi connectivity index (χ3v) is 4.30. The molecule has 0 aromatic heterocycles. The molecule has 166 valence electrons. The van der Waals surface area contributed by atoms with E-state index < -0.39 is 41.5 Å². The molecule has 0 spiro atoms. The minimum atomic E-state index is -4.79. The first-order valence-corrected chi connectivity index (χ1v) is 8.95. The summed E-state index contributed by atoms with van der Waals surface area (Å²) in [5.74, 6) is -1.88. The summed E-state index contributed by atoms with van der Waals surface area (Å²) in [5.41, 5.74) is -2.14. The van der Waals surface area contributed by atoms with Crippen molar-refractivity contribution < 1.29 is 36.2 Å². The molecule has 1 aromatic carbocycles. The number of carboxylic acid groups (broad SMARTS) is 1. The average molecular weight is 435 g/mol. The minimum Gasteiger partial charge on any atom is -0.480 e. The third kappa shape index (κ3) is 7.05. The molecule has 0 saturated carbocycles. The predicted octanol–water partition coefficient (Wildman–Crippen LogP) is 6.07. The highest BCUT2D eigenvalue weighted by molar-refractivity contribution is 5.75. The summed E-state index contributed by atoms with van der Waals surface area (Å²) in [5, 5.41) is 11.7. The van der Waals surface area contributed by atoms with Gasteiger partial charge < -0.3 is 5.11 Å².